The van der Waals surface area contributed by atoms with E-state index in [1.807, 2.05) is 47.8 Å². The largest absolute Gasteiger partial charge is 0.372 e. The van der Waals surface area contributed by atoms with Gasteiger partial charge in [0, 0.05) is 35.5 Å². The molecule has 4 heterocycles. The molecule has 0 radical (unpaired) electrons. The molecule has 0 spiro atoms. The van der Waals surface area contributed by atoms with Crippen molar-refractivity contribution in [2.45, 2.75) is 19.4 Å². The van der Waals surface area contributed by atoms with Gasteiger partial charge in [0.2, 0.25) is 0 Å². The van der Waals surface area contributed by atoms with Gasteiger partial charge in [0.05, 0.1) is 17.8 Å². The van der Waals surface area contributed by atoms with Crippen LogP contribution < -0.4 is 10.2 Å². The van der Waals surface area contributed by atoms with Crippen molar-refractivity contribution in [1.29, 1.82) is 0 Å². The van der Waals surface area contributed by atoms with Crippen molar-refractivity contribution in [3.63, 3.8) is 0 Å². The van der Waals surface area contributed by atoms with E-state index in [4.69, 9.17) is 0 Å². The fraction of sp³-hybridized carbons (Fsp3) is 0.208. The highest BCUT2D eigenvalue weighted by atomic mass is 32.1. The molecule has 1 N–H and O–H groups in total. The fourth-order valence-corrected chi connectivity index (χ4v) is 4.78. The Hall–Kier alpha value is -3.45. The van der Waals surface area contributed by atoms with E-state index in [0.717, 1.165) is 23.7 Å². The molecule has 0 aliphatic carbocycles. The van der Waals surface area contributed by atoms with Crippen LogP contribution in [0.4, 0.5) is 11.4 Å². The SMILES string of the molecule is O=C1C(Nc2ccc(N3CCCC3)cc2)=C(c2cccs2)C(=O)N1Cc1ccccn1. The quantitative estimate of drug-likeness (QED) is 0.596. The van der Waals surface area contributed by atoms with Crippen molar-refractivity contribution in [1.82, 2.24) is 9.88 Å². The number of rotatable bonds is 6. The molecule has 1 aromatic carbocycles. The number of anilines is 2. The molecule has 3 aromatic rings. The smallest absolute Gasteiger partial charge is 0.278 e. The van der Waals surface area contributed by atoms with E-state index in [9.17, 15) is 9.59 Å². The maximum Gasteiger partial charge on any atom is 0.278 e. The van der Waals surface area contributed by atoms with Gasteiger partial charge in [-0.25, -0.2) is 0 Å². The third-order valence-electron chi connectivity index (χ3n) is 5.59. The van der Waals surface area contributed by atoms with Gasteiger partial charge >= 0.3 is 0 Å². The Bertz CT molecular complexity index is 1120. The Labute approximate surface area is 184 Å². The third kappa shape index (κ3) is 3.84. The number of imide groups is 1. The average molecular weight is 431 g/mol. The first-order valence-corrected chi connectivity index (χ1v) is 11.2. The van der Waals surface area contributed by atoms with Crippen LogP contribution in [0.25, 0.3) is 5.57 Å². The van der Waals surface area contributed by atoms with Crippen LogP contribution >= 0.6 is 11.3 Å². The normalized spacial score (nSPS) is 16.5. The second-order valence-electron chi connectivity index (χ2n) is 7.61. The van der Waals surface area contributed by atoms with Crippen LogP contribution in [0.15, 0.2) is 71.9 Å². The maximum absolute atomic E-state index is 13.3. The van der Waals surface area contributed by atoms with Crippen LogP contribution in [0.1, 0.15) is 23.4 Å². The van der Waals surface area contributed by atoms with Crippen molar-refractivity contribution in [3.05, 3.63) is 82.4 Å². The van der Waals surface area contributed by atoms with Crippen LogP contribution in [0.2, 0.25) is 0 Å². The van der Waals surface area contributed by atoms with Gasteiger partial charge in [-0.05, 0) is 60.7 Å². The first kappa shape index (κ1) is 19.5. The highest BCUT2D eigenvalue weighted by Crippen LogP contribution is 2.34. The lowest BCUT2D eigenvalue weighted by atomic mass is 10.1. The lowest BCUT2D eigenvalue weighted by molar-refractivity contribution is -0.137. The van der Waals surface area contributed by atoms with Crippen LogP contribution in [-0.2, 0) is 16.1 Å². The van der Waals surface area contributed by atoms with Crippen molar-refractivity contribution < 1.29 is 9.59 Å². The summed E-state index contributed by atoms with van der Waals surface area (Å²) in [7, 11) is 0. The lowest BCUT2D eigenvalue weighted by Gasteiger charge is -2.18. The molecule has 2 aromatic heterocycles. The van der Waals surface area contributed by atoms with Gasteiger partial charge in [0.25, 0.3) is 11.8 Å². The van der Waals surface area contributed by atoms with Gasteiger partial charge in [0.15, 0.2) is 0 Å². The summed E-state index contributed by atoms with van der Waals surface area (Å²) >= 11 is 1.45. The van der Waals surface area contributed by atoms with Crippen LogP contribution in [0.5, 0.6) is 0 Å². The number of amides is 2. The standard InChI is InChI=1S/C24H22N4O2S/c29-23-21(20-7-5-15-31-20)22(24(30)28(23)16-18-6-1-2-12-25-18)26-17-8-10-19(11-9-17)27-13-3-4-14-27/h1-2,5-12,15,26H,3-4,13-14,16H2. The summed E-state index contributed by atoms with van der Waals surface area (Å²) in [4.78, 5) is 35.2. The molecule has 2 aliphatic rings. The second-order valence-corrected chi connectivity index (χ2v) is 8.56. The van der Waals surface area contributed by atoms with Gasteiger partial charge in [-0.15, -0.1) is 11.3 Å². The highest BCUT2D eigenvalue weighted by molar-refractivity contribution is 7.11. The second kappa shape index (κ2) is 8.35. The molecule has 0 saturated carbocycles. The average Bonchev–Trinajstić information content (AvgIpc) is 3.55. The molecule has 5 rings (SSSR count). The van der Waals surface area contributed by atoms with E-state index in [1.54, 1.807) is 6.20 Å². The van der Waals surface area contributed by atoms with E-state index < -0.39 is 0 Å². The van der Waals surface area contributed by atoms with Crippen LogP contribution in [0, 0.1) is 0 Å². The minimum absolute atomic E-state index is 0.145. The summed E-state index contributed by atoms with van der Waals surface area (Å²) in [6.07, 6.45) is 4.11. The molecule has 0 atom stereocenters. The Morgan fingerprint density at radius 3 is 2.42 bits per heavy atom. The molecule has 7 heteroatoms. The monoisotopic (exact) mass is 430 g/mol. The van der Waals surface area contributed by atoms with E-state index in [0.29, 0.717) is 17.0 Å². The number of hydrogen-bond acceptors (Lipinski definition) is 6. The van der Waals surface area contributed by atoms with Gasteiger partial charge in [0.1, 0.15) is 5.70 Å². The van der Waals surface area contributed by atoms with Crippen molar-refractivity contribution in [2.24, 2.45) is 0 Å². The Kier molecular flexibility index (Phi) is 5.26. The number of hydrogen-bond donors (Lipinski definition) is 1. The molecule has 2 aliphatic heterocycles. The molecule has 6 nitrogen and oxygen atoms in total. The molecule has 1 fully saturated rings. The molecule has 2 amide bonds. The first-order chi connectivity index (χ1) is 15.2. The topological polar surface area (TPSA) is 65.5 Å². The molecular formula is C24H22N4O2S. The van der Waals surface area contributed by atoms with E-state index in [-0.39, 0.29) is 18.4 Å². The molecule has 31 heavy (non-hydrogen) atoms. The van der Waals surface area contributed by atoms with Gasteiger partial charge in [-0.3, -0.25) is 19.5 Å². The third-order valence-corrected chi connectivity index (χ3v) is 6.48. The lowest BCUT2D eigenvalue weighted by Crippen LogP contribution is -2.32. The zero-order chi connectivity index (χ0) is 21.2. The Morgan fingerprint density at radius 1 is 0.935 bits per heavy atom. The first-order valence-electron chi connectivity index (χ1n) is 10.4. The van der Waals surface area contributed by atoms with Gasteiger partial charge < -0.3 is 10.2 Å². The molecular weight excluding hydrogens is 408 g/mol. The number of carbonyl (C=O) groups excluding carboxylic acids is 2. The summed E-state index contributed by atoms with van der Waals surface area (Å²) in [5.41, 5.74) is 3.37. The minimum Gasteiger partial charge on any atom is -0.372 e. The molecule has 1 saturated heterocycles. The number of aromatic nitrogens is 1. The number of nitrogens with one attached hydrogen (secondary N) is 1. The van der Waals surface area contributed by atoms with E-state index in [1.165, 1.54) is 34.8 Å². The summed E-state index contributed by atoms with van der Waals surface area (Å²) in [5, 5.41) is 5.14. The van der Waals surface area contributed by atoms with Crippen LogP contribution in [-0.4, -0.2) is 34.8 Å². The minimum atomic E-state index is -0.331. The molecule has 0 bridgehead atoms. The number of nitrogens with zero attached hydrogens (tertiary/aromatic N) is 3. The Morgan fingerprint density at radius 2 is 1.74 bits per heavy atom. The number of benzene rings is 1. The van der Waals surface area contributed by atoms with Gasteiger partial charge in [-0.2, -0.15) is 0 Å². The molecule has 156 valence electrons. The summed E-state index contributed by atoms with van der Waals surface area (Å²) in [6.45, 7) is 2.30. The summed E-state index contributed by atoms with van der Waals surface area (Å²) in [5.74, 6) is -0.628. The Balaban J connectivity index is 1.43. The number of thiophene rings is 1. The van der Waals surface area contributed by atoms with Crippen molar-refractivity contribution in [3.8, 4) is 0 Å². The summed E-state index contributed by atoms with van der Waals surface area (Å²) < 4.78 is 0. The number of carbonyl (C=O) groups is 2. The van der Waals surface area contributed by atoms with E-state index >= 15 is 0 Å². The predicted octanol–water partition coefficient (Wildman–Crippen LogP) is 4.14. The summed E-state index contributed by atoms with van der Waals surface area (Å²) in [6, 6.07) is 17.3. The van der Waals surface area contributed by atoms with Crippen molar-refractivity contribution in [2.75, 3.05) is 23.3 Å². The molecule has 0 unspecified atom stereocenters. The fourth-order valence-electron chi connectivity index (χ4n) is 4.01. The van der Waals surface area contributed by atoms with Crippen LogP contribution in [0.3, 0.4) is 0 Å². The zero-order valence-corrected chi connectivity index (χ0v) is 17.8. The van der Waals surface area contributed by atoms with Gasteiger partial charge in [-0.1, -0.05) is 12.1 Å². The van der Waals surface area contributed by atoms with Crippen molar-refractivity contribution >= 4 is 40.1 Å². The van der Waals surface area contributed by atoms with E-state index in [2.05, 4.69) is 27.3 Å². The predicted molar refractivity (Wildman–Crippen MR) is 123 cm³/mol. The maximum atomic E-state index is 13.3. The number of pyridine rings is 1. The zero-order valence-electron chi connectivity index (χ0n) is 17.0. The highest BCUT2D eigenvalue weighted by Gasteiger charge is 2.39.